The highest BCUT2D eigenvalue weighted by atomic mass is 35.5. The number of aryl methyl sites for hydroxylation is 1. The van der Waals surface area contributed by atoms with Gasteiger partial charge in [0.05, 0.1) is 5.56 Å². The summed E-state index contributed by atoms with van der Waals surface area (Å²) in [6.07, 6.45) is -1.35. The lowest BCUT2D eigenvalue weighted by atomic mass is 10.1. The molecule has 1 heterocycles. The highest BCUT2D eigenvalue weighted by molar-refractivity contribution is 6.30. The number of carbonyl (C=O) groups excluding carboxylic acids is 1. The second kappa shape index (κ2) is 8.84. The Hall–Kier alpha value is -3.58. The van der Waals surface area contributed by atoms with Gasteiger partial charge < -0.3 is 20.7 Å². The molecular weight excluding hydrogens is 404 g/mol. The largest absolute Gasteiger partial charge is 0.463 e. The summed E-state index contributed by atoms with van der Waals surface area (Å²) in [4.78, 5) is 26.6. The van der Waals surface area contributed by atoms with Crippen molar-refractivity contribution in [2.75, 3.05) is 0 Å². The van der Waals surface area contributed by atoms with Crippen LogP contribution in [-0.4, -0.2) is 27.5 Å². The van der Waals surface area contributed by atoms with Crippen LogP contribution >= 0.6 is 11.6 Å². The van der Waals surface area contributed by atoms with Gasteiger partial charge in [0.25, 0.3) is 5.91 Å². The number of hydrogen-bond acceptors (Lipinski definition) is 2. The highest BCUT2D eigenvalue weighted by Gasteiger charge is 2.16. The van der Waals surface area contributed by atoms with E-state index in [2.05, 4.69) is 10.3 Å². The van der Waals surface area contributed by atoms with Gasteiger partial charge in [-0.1, -0.05) is 35.9 Å². The summed E-state index contributed by atoms with van der Waals surface area (Å²) < 4.78 is 2.00. The number of halogens is 1. The Morgan fingerprint density at radius 3 is 2.33 bits per heavy atom. The minimum Gasteiger partial charge on any atom is -0.463 e. The van der Waals surface area contributed by atoms with E-state index in [1.54, 1.807) is 24.3 Å². The smallest absolute Gasteiger partial charge is 0.433 e. The molecule has 7 nitrogen and oxygen atoms in total. The zero-order chi connectivity index (χ0) is 21.8. The fourth-order valence-corrected chi connectivity index (χ4v) is 3.34. The van der Waals surface area contributed by atoms with Crippen LogP contribution in [0.25, 0.3) is 5.69 Å². The molecule has 8 heteroatoms. The Kier molecular flexibility index (Phi) is 6.23. The molecule has 0 unspecified atom stereocenters. The van der Waals surface area contributed by atoms with Gasteiger partial charge in [0.2, 0.25) is 0 Å². The molecular formula is C22H21ClN4O3. The Morgan fingerprint density at radius 2 is 1.73 bits per heavy atom. The molecule has 3 rings (SSSR count). The standard InChI is InChI=1S/C22H21ClN4O3/c1-13-11-19(14(2)27(13)18-9-7-17(23)8-10-18)21(28)25-12-15-3-5-16(6-4-15)20(24)26-22(29)30/h3-11H,12H2,1-2H3,(H2,24,26)(H,25,28)(H,29,30). The number of nitrogens with one attached hydrogen (secondary N) is 1. The summed E-state index contributed by atoms with van der Waals surface area (Å²) in [6.45, 7) is 4.16. The summed E-state index contributed by atoms with van der Waals surface area (Å²) in [6, 6.07) is 16.1. The third kappa shape index (κ3) is 4.69. The van der Waals surface area contributed by atoms with Crippen LogP contribution in [0, 0.1) is 13.8 Å². The van der Waals surface area contributed by atoms with Gasteiger partial charge in [-0.05, 0) is 49.7 Å². The summed E-state index contributed by atoms with van der Waals surface area (Å²) in [7, 11) is 0. The first-order chi connectivity index (χ1) is 14.3. The van der Waals surface area contributed by atoms with Crippen LogP contribution in [0.2, 0.25) is 5.02 Å². The highest BCUT2D eigenvalue weighted by Crippen LogP contribution is 2.22. The van der Waals surface area contributed by atoms with E-state index in [0.717, 1.165) is 22.6 Å². The molecule has 154 valence electrons. The average molecular weight is 425 g/mol. The number of rotatable bonds is 5. The third-order valence-corrected chi connectivity index (χ3v) is 4.93. The number of carboxylic acid groups (broad SMARTS) is 1. The molecule has 0 aliphatic rings. The van der Waals surface area contributed by atoms with E-state index in [-0.39, 0.29) is 11.7 Å². The van der Waals surface area contributed by atoms with Crippen molar-refractivity contribution >= 4 is 29.4 Å². The average Bonchev–Trinajstić information content (AvgIpc) is 3.01. The second-order valence-electron chi connectivity index (χ2n) is 6.76. The number of hydrogen-bond donors (Lipinski definition) is 3. The number of nitrogens with two attached hydrogens (primary N) is 1. The van der Waals surface area contributed by atoms with Crippen molar-refractivity contribution in [2.24, 2.45) is 10.7 Å². The van der Waals surface area contributed by atoms with Gasteiger partial charge >= 0.3 is 6.09 Å². The molecule has 4 N–H and O–H groups in total. The molecule has 0 atom stereocenters. The fraction of sp³-hybridized carbons (Fsp3) is 0.136. The Bertz CT molecular complexity index is 1120. The number of amidine groups is 1. The quantitative estimate of drug-likeness (QED) is 0.423. The van der Waals surface area contributed by atoms with Crippen molar-refractivity contribution in [2.45, 2.75) is 20.4 Å². The molecule has 2 aromatic carbocycles. The van der Waals surface area contributed by atoms with Crippen molar-refractivity contribution in [1.29, 1.82) is 0 Å². The van der Waals surface area contributed by atoms with E-state index in [1.165, 1.54) is 0 Å². The van der Waals surface area contributed by atoms with E-state index >= 15 is 0 Å². The number of aliphatic imine (C=N–C) groups is 1. The van der Waals surface area contributed by atoms with Crippen LogP contribution in [0.15, 0.2) is 59.6 Å². The van der Waals surface area contributed by atoms with Crippen molar-refractivity contribution < 1.29 is 14.7 Å². The molecule has 1 aromatic heterocycles. The number of nitrogens with zero attached hydrogens (tertiary/aromatic N) is 2. The van der Waals surface area contributed by atoms with Gasteiger partial charge in [-0.25, -0.2) is 4.79 Å². The van der Waals surface area contributed by atoms with Gasteiger partial charge in [-0.3, -0.25) is 4.79 Å². The van der Waals surface area contributed by atoms with Crippen LogP contribution < -0.4 is 11.1 Å². The first-order valence-electron chi connectivity index (χ1n) is 9.15. The van der Waals surface area contributed by atoms with E-state index in [4.69, 9.17) is 22.4 Å². The van der Waals surface area contributed by atoms with Crippen molar-refractivity contribution in [3.63, 3.8) is 0 Å². The first kappa shape index (κ1) is 21.1. The monoisotopic (exact) mass is 424 g/mol. The van der Waals surface area contributed by atoms with Gasteiger partial charge in [0, 0.05) is 34.2 Å². The van der Waals surface area contributed by atoms with Gasteiger partial charge in [-0.15, -0.1) is 0 Å². The predicted molar refractivity (Wildman–Crippen MR) is 117 cm³/mol. The minimum atomic E-state index is -1.35. The molecule has 3 aromatic rings. The van der Waals surface area contributed by atoms with E-state index in [1.807, 2.05) is 48.7 Å². The first-order valence-corrected chi connectivity index (χ1v) is 9.53. The molecule has 0 radical (unpaired) electrons. The molecule has 30 heavy (non-hydrogen) atoms. The lowest BCUT2D eigenvalue weighted by Gasteiger charge is -2.10. The number of benzene rings is 2. The second-order valence-corrected chi connectivity index (χ2v) is 7.19. The SMILES string of the molecule is Cc1cc(C(=O)NCc2ccc(/C(N)=N\C(=O)O)cc2)c(C)n1-c1ccc(Cl)cc1. The van der Waals surface area contributed by atoms with Crippen LogP contribution in [-0.2, 0) is 6.54 Å². The molecule has 0 bridgehead atoms. The van der Waals surface area contributed by atoms with Gasteiger partial charge in [-0.2, -0.15) is 4.99 Å². The molecule has 0 saturated heterocycles. The number of aromatic nitrogens is 1. The molecule has 0 fully saturated rings. The molecule has 0 aliphatic carbocycles. The van der Waals surface area contributed by atoms with Gasteiger partial charge in [0.1, 0.15) is 5.84 Å². The van der Waals surface area contributed by atoms with Crippen LogP contribution in [0.4, 0.5) is 4.79 Å². The van der Waals surface area contributed by atoms with Gasteiger partial charge in [0.15, 0.2) is 0 Å². The van der Waals surface area contributed by atoms with Crippen molar-refractivity contribution in [1.82, 2.24) is 9.88 Å². The maximum atomic E-state index is 12.7. The summed E-state index contributed by atoms with van der Waals surface area (Å²) in [5.41, 5.74) is 10.3. The Morgan fingerprint density at radius 1 is 1.10 bits per heavy atom. The summed E-state index contributed by atoms with van der Waals surface area (Å²) in [5.74, 6) is -0.257. The Balaban J connectivity index is 1.72. The minimum absolute atomic E-state index is 0.0762. The van der Waals surface area contributed by atoms with E-state index in [0.29, 0.717) is 22.7 Å². The fourth-order valence-electron chi connectivity index (χ4n) is 3.22. The lowest BCUT2D eigenvalue weighted by molar-refractivity contribution is 0.0950. The van der Waals surface area contributed by atoms with Crippen molar-refractivity contribution in [3.05, 3.63) is 87.7 Å². The summed E-state index contributed by atoms with van der Waals surface area (Å²) >= 11 is 5.97. The topological polar surface area (TPSA) is 110 Å². The van der Waals surface area contributed by atoms with Crippen LogP contribution in [0.1, 0.15) is 32.9 Å². The van der Waals surface area contributed by atoms with Crippen molar-refractivity contribution in [3.8, 4) is 5.69 Å². The number of amides is 2. The maximum absolute atomic E-state index is 12.7. The maximum Gasteiger partial charge on any atom is 0.433 e. The summed E-state index contributed by atoms with van der Waals surface area (Å²) in [5, 5.41) is 12.2. The number of carbonyl (C=O) groups is 2. The zero-order valence-corrected chi connectivity index (χ0v) is 17.3. The molecule has 2 amide bonds. The van der Waals surface area contributed by atoms with Crippen LogP contribution in [0.3, 0.4) is 0 Å². The normalized spacial score (nSPS) is 11.4. The predicted octanol–water partition coefficient (Wildman–Crippen LogP) is 4.06. The Labute approximate surface area is 178 Å². The van der Waals surface area contributed by atoms with E-state index < -0.39 is 6.09 Å². The molecule has 0 saturated carbocycles. The molecule has 0 aliphatic heterocycles. The zero-order valence-electron chi connectivity index (χ0n) is 16.5. The lowest BCUT2D eigenvalue weighted by Crippen LogP contribution is -2.23. The van der Waals surface area contributed by atoms with Crippen LogP contribution in [0.5, 0.6) is 0 Å². The third-order valence-electron chi connectivity index (χ3n) is 4.68. The molecule has 0 spiro atoms. The van der Waals surface area contributed by atoms with E-state index in [9.17, 15) is 9.59 Å².